The van der Waals surface area contributed by atoms with Gasteiger partial charge in [-0.3, -0.25) is 14.1 Å². The summed E-state index contributed by atoms with van der Waals surface area (Å²) in [6.45, 7) is 18.2. The van der Waals surface area contributed by atoms with E-state index in [4.69, 9.17) is 15.2 Å². The van der Waals surface area contributed by atoms with Crippen molar-refractivity contribution in [2.75, 3.05) is 29.8 Å². The lowest BCUT2D eigenvalue weighted by atomic mass is 10.0. The molecular weight excluding hydrogens is 795 g/mol. The first kappa shape index (κ1) is 48.7. The first-order valence-electron chi connectivity index (χ1n) is 19.4. The number of anilines is 2. The number of allylic oxidation sites excluding steroid dienone is 2. The fraction of sp³-hybridized carbons (Fsp3) is 0.442. The van der Waals surface area contributed by atoms with Crippen molar-refractivity contribution in [2.24, 2.45) is 0 Å². The largest absolute Gasteiger partial charge is 0.444 e. The SMILES string of the molecule is Cc1nn(C/C(F)=C/CNC(=O)OC(C)(C)C)c(C)c1Cc1ccc(N)cc1.Cc1nn(C/C(F)=C/CNC(=O)OC(C)(C)C)c(C)c1Cc1ccc(NS(C)(=O)=O)cc1. The molecule has 2 amide bonds. The summed E-state index contributed by atoms with van der Waals surface area (Å²) in [5, 5.41) is 13.9. The number of nitrogens with zero attached hydrogens (tertiary/aromatic N) is 4. The van der Waals surface area contributed by atoms with E-state index in [2.05, 4.69) is 25.6 Å². The summed E-state index contributed by atoms with van der Waals surface area (Å²) in [6.07, 6.45) is 3.82. The van der Waals surface area contributed by atoms with Gasteiger partial charge in [0.2, 0.25) is 10.0 Å². The highest BCUT2D eigenvalue weighted by molar-refractivity contribution is 7.92. The molecular formula is C43H60F2N8O6S. The van der Waals surface area contributed by atoms with Crippen LogP contribution in [0, 0.1) is 27.7 Å². The standard InChI is InChI=1S/C22H31FN4O4S.C21H29FN4O2/c1-15-20(13-17-7-9-19(10-8-17)26-32(6,29)30)16(2)27(25-15)14-18(23)11-12-24-21(28)31-22(3,4)5;1-14-19(12-16-6-8-18(23)9-7-16)15(2)26(25-14)13-17(22)10-11-24-20(27)28-21(3,4)5/h7-11,26H,12-14H2,1-6H3,(H,24,28);6-10H,11-13,23H2,1-5H3,(H,24,27)/b18-11-;17-10-. The molecule has 2 aromatic carbocycles. The quantitative estimate of drug-likeness (QED) is 0.0916. The molecule has 0 bridgehead atoms. The molecule has 0 aliphatic carbocycles. The lowest BCUT2D eigenvalue weighted by Gasteiger charge is -2.19. The van der Waals surface area contributed by atoms with Crippen LogP contribution < -0.4 is 21.1 Å². The Balaban J connectivity index is 0.000000323. The minimum absolute atomic E-state index is 0.0146. The highest BCUT2D eigenvalue weighted by Gasteiger charge is 2.18. The maximum absolute atomic E-state index is 14.4. The Morgan fingerprint density at radius 3 is 1.42 bits per heavy atom. The summed E-state index contributed by atoms with van der Waals surface area (Å²) in [6, 6.07) is 14.8. The second-order valence-corrected chi connectivity index (χ2v) is 18.1. The predicted octanol–water partition coefficient (Wildman–Crippen LogP) is 7.89. The molecule has 2 heterocycles. The maximum Gasteiger partial charge on any atom is 0.407 e. The zero-order valence-electron chi connectivity index (χ0n) is 36.5. The number of carbonyl (C=O) groups is 2. The Hall–Kier alpha value is -5.71. The maximum atomic E-state index is 14.4. The summed E-state index contributed by atoms with van der Waals surface area (Å²) < 4.78 is 67.2. The molecule has 0 aliphatic rings. The Kier molecular flexibility index (Phi) is 17.0. The van der Waals surface area contributed by atoms with Crippen LogP contribution in [0.15, 0.2) is 72.3 Å². The molecule has 2 aromatic heterocycles. The van der Waals surface area contributed by atoms with Gasteiger partial charge in [0.05, 0.1) is 30.7 Å². The van der Waals surface area contributed by atoms with Crippen LogP contribution in [0.25, 0.3) is 0 Å². The minimum atomic E-state index is -3.32. The highest BCUT2D eigenvalue weighted by atomic mass is 32.2. The van der Waals surface area contributed by atoms with Gasteiger partial charge in [-0.1, -0.05) is 24.3 Å². The molecule has 0 aliphatic heterocycles. The van der Waals surface area contributed by atoms with Gasteiger partial charge in [0.15, 0.2) is 0 Å². The smallest absolute Gasteiger partial charge is 0.407 e. The first-order chi connectivity index (χ1) is 27.8. The number of hydrogen-bond donors (Lipinski definition) is 4. The van der Waals surface area contributed by atoms with E-state index in [0.717, 1.165) is 57.0 Å². The van der Waals surface area contributed by atoms with Crippen molar-refractivity contribution in [3.63, 3.8) is 0 Å². The molecule has 0 saturated carbocycles. The molecule has 0 radical (unpaired) electrons. The van der Waals surface area contributed by atoms with Gasteiger partial charge in [0.25, 0.3) is 0 Å². The fourth-order valence-corrected chi connectivity index (χ4v) is 6.33. The lowest BCUT2D eigenvalue weighted by Crippen LogP contribution is -2.32. The Morgan fingerprint density at radius 1 is 0.700 bits per heavy atom. The van der Waals surface area contributed by atoms with Gasteiger partial charge in [-0.25, -0.2) is 26.8 Å². The normalized spacial score (nSPS) is 12.3. The second kappa shape index (κ2) is 21.0. The highest BCUT2D eigenvalue weighted by Crippen LogP contribution is 2.22. The lowest BCUT2D eigenvalue weighted by molar-refractivity contribution is 0.0522. The number of nitrogens with one attached hydrogen (secondary N) is 3. The van der Waals surface area contributed by atoms with Crippen molar-refractivity contribution in [3.05, 3.63) is 117 Å². The molecule has 5 N–H and O–H groups in total. The van der Waals surface area contributed by atoms with E-state index >= 15 is 0 Å². The van der Waals surface area contributed by atoms with Gasteiger partial charge >= 0.3 is 12.2 Å². The van der Waals surface area contributed by atoms with Crippen LogP contribution in [0.2, 0.25) is 0 Å². The Labute approximate surface area is 352 Å². The average Bonchev–Trinajstić information content (AvgIpc) is 3.51. The van der Waals surface area contributed by atoms with Gasteiger partial charge < -0.3 is 25.8 Å². The molecule has 4 aromatic rings. The Morgan fingerprint density at radius 2 is 1.07 bits per heavy atom. The number of aryl methyl sites for hydroxylation is 2. The summed E-state index contributed by atoms with van der Waals surface area (Å²) in [5.41, 5.74) is 13.3. The number of alkyl carbamates (subject to hydrolysis) is 2. The van der Waals surface area contributed by atoms with Crippen LogP contribution in [-0.2, 0) is 45.4 Å². The van der Waals surface area contributed by atoms with Gasteiger partial charge in [0, 0.05) is 59.8 Å². The molecule has 60 heavy (non-hydrogen) atoms. The summed E-state index contributed by atoms with van der Waals surface area (Å²) in [5.74, 6) is -0.796. The van der Waals surface area contributed by atoms with Crippen molar-refractivity contribution >= 4 is 33.6 Å². The predicted molar refractivity (Wildman–Crippen MR) is 232 cm³/mol. The first-order valence-corrected chi connectivity index (χ1v) is 21.3. The number of carbonyl (C=O) groups excluding carboxylic acids is 2. The molecule has 0 unspecified atom stereocenters. The minimum Gasteiger partial charge on any atom is -0.444 e. The number of sulfonamides is 1. The van der Waals surface area contributed by atoms with E-state index in [1.165, 1.54) is 12.2 Å². The topological polar surface area (TPSA) is 184 Å². The van der Waals surface area contributed by atoms with Crippen LogP contribution in [0.1, 0.15) is 86.6 Å². The van der Waals surface area contributed by atoms with E-state index in [1.807, 2.05) is 64.1 Å². The van der Waals surface area contributed by atoms with E-state index in [-0.39, 0.29) is 32.0 Å². The number of rotatable bonds is 14. The van der Waals surface area contributed by atoms with E-state index in [9.17, 15) is 26.8 Å². The van der Waals surface area contributed by atoms with Crippen molar-refractivity contribution in [3.8, 4) is 0 Å². The van der Waals surface area contributed by atoms with Gasteiger partial charge in [0.1, 0.15) is 22.9 Å². The average molecular weight is 855 g/mol. The number of amides is 2. The van der Waals surface area contributed by atoms with Crippen LogP contribution in [0.3, 0.4) is 0 Å². The number of nitrogens with two attached hydrogens (primary N) is 1. The third-order valence-corrected chi connectivity index (χ3v) is 9.21. The third-order valence-electron chi connectivity index (χ3n) is 8.60. The van der Waals surface area contributed by atoms with Crippen molar-refractivity contribution < 1.29 is 36.3 Å². The van der Waals surface area contributed by atoms with Crippen LogP contribution in [0.5, 0.6) is 0 Å². The summed E-state index contributed by atoms with van der Waals surface area (Å²) in [4.78, 5) is 23.2. The van der Waals surface area contributed by atoms with Gasteiger partial charge in [-0.05, 0) is 117 Å². The van der Waals surface area contributed by atoms with Gasteiger partial charge in [-0.2, -0.15) is 10.2 Å². The molecule has 14 nitrogen and oxygen atoms in total. The molecule has 0 fully saturated rings. The Bertz CT molecular complexity index is 2250. The number of aromatic nitrogens is 4. The summed E-state index contributed by atoms with van der Waals surface area (Å²) in [7, 11) is -3.32. The number of hydrogen-bond acceptors (Lipinski definition) is 9. The number of benzene rings is 2. The van der Waals surface area contributed by atoms with Crippen LogP contribution >= 0.6 is 0 Å². The van der Waals surface area contributed by atoms with E-state index < -0.39 is 39.2 Å². The molecule has 4 rings (SSSR count). The van der Waals surface area contributed by atoms with E-state index in [0.29, 0.717) is 18.5 Å². The van der Waals surface area contributed by atoms with Crippen molar-refractivity contribution in [1.29, 1.82) is 0 Å². The van der Waals surface area contributed by atoms with Crippen molar-refractivity contribution in [1.82, 2.24) is 30.2 Å². The van der Waals surface area contributed by atoms with Gasteiger partial charge in [-0.15, -0.1) is 0 Å². The molecule has 0 spiro atoms. The number of halogens is 2. The fourth-order valence-electron chi connectivity index (χ4n) is 5.77. The molecule has 328 valence electrons. The van der Waals surface area contributed by atoms with Crippen LogP contribution in [0.4, 0.5) is 29.7 Å². The molecule has 17 heteroatoms. The molecule has 0 atom stereocenters. The number of nitrogen functional groups attached to an aromatic ring is 1. The van der Waals surface area contributed by atoms with Crippen LogP contribution in [-0.4, -0.2) is 70.7 Å². The van der Waals surface area contributed by atoms with E-state index in [1.54, 1.807) is 63.0 Å². The van der Waals surface area contributed by atoms with Crippen molar-refractivity contribution in [2.45, 2.75) is 106 Å². The monoisotopic (exact) mass is 854 g/mol. The molecule has 0 saturated heterocycles. The second-order valence-electron chi connectivity index (χ2n) is 16.3. The third kappa shape index (κ3) is 17.3. The summed E-state index contributed by atoms with van der Waals surface area (Å²) >= 11 is 0. The zero-order chi connectivity index (χ0) is 45.0. The zero-order valence-corrected chi connectivity index (χ0v) is 37.3. The number of ether oxygens (including phenoxy) is 2.